The highest BCUT2D eigenvalue weighted by Gasteiger charge is 2.23. The van der Waals surface area contributed by atoms with Gasteiger partial charge in [-0.1, -0.05) is 54.1 Å². The van der Waals surface area contributed by atoms with Crippen LogP contribution in [0.2, 0.25) is 5.02 Å². The smallest absolute Gasteiger partial charge is 0.224 e. The van der Waals surface area contributed by atoms with Crippen LogP contribution >= 0.6 is 11.6 Å². The van der Waals surface area contributed by atoms with Gasteiger partial charge < -0.3 is 5.32 Å². The summed E-state index contributed by atoms with van der Waals surface area (Å²) in [6.45, 7) is 2.86. The van der Waals surface area contributed by atoms with E-state index in [0.717, 1.165) is 18.7 Å². The minimum absolute atomic E-state index is 0.0532. The average molecular weight is 343 g/mol. The van der Waals surface area contributed by atoms with Gasteiger partial charge in [-0.15, -0.1) is 0 Å². The Labute approximate surface area is 148 Å². The second-order valence-corrected chi connectivity index (χ2v) is 6.71. The van der Waals surface area contributed by atoms with Crippen molar-refractivity contribution in [2.24, 2.45) is 0 Å². The second kappa shape index (κ2) is 8.32. The molecule has 1 heterocycles. The first-order valence-corrected chi connectivity index (χ1v) is 8.90. The molecular formula is C20H23ClN2O. The number of hydrogen-bond acceptors (Lipinski definition) is 2. The number of nitrogens with one attached hydrogen (secondary N) is 1. The van der Waals surface area contributed by atoms with Gasteiger partial charge in [0, 0.05) is 11.6 Å². The molecule has 0 aromatic heterocycles. The third-order valence-electron chi connectivity index (χ3n) is 4.54. The number of rotatable bonds is 6. The third kappa shape index (κ3) is 4.59. The maximum Gasteiger partial charge on any atom is 0.224 e. The number of carbonyl (C=O) groups excluding carboxylic acids is 1. The summed E-state index contributed by atoms with van der Waals surface area (Å²) in [7, 11) is 0. The molecular weight excluding hydrogens is 320 g/mol. The largest absolute Gasteiger partial charge is 0.354 e. The molecule has 1 atom stereocenters. The van der Waals surface area contributed by atoms with Crippen LogP contribution in [0.15, 0.2) is 54.6 Å². The third-order valence-corrected chi connectivity index (χ3v) is 4.79. The molecule has 0 spiro atoms. The molecule has 1 aliphatic heterocycles. The molecule has 1 N–H and O–H groups in total. The highest BCUT2D eigenvalue weighted by atomic mass is 35.5. The average Bonchev–Trinajstić information content (AvgIpc) is 3.12. The van der Waals surface area contributed by atoms with Gasteiger partial charge in [-0.05, 0) is 49.2 Å². The summed E-state index contributed by atoms with van der Waals surface area (Å²) < 4.78 is 0. The summed E-state index contributed by atoms with van der Waals surface area (Å²) in [6, 6.07) is 18.1. The molecule has 126 valence electrons. The zero-order valence-electron chi connectivity index (χ0n) is 13.7. The minimum Gasteiger partial charge on any atom is -0.354 e. The van der Waals surface area contributed by atoms with Crippen molar-refractivity contribution in [1.29, 1.82) is 0 Å². The number of hydrogen-bond donors (Lipinski definition) is 1. The number of likely N-dealkylation sites (tertiary alicyclic amines) is 1. The molecule has 0 saturated carbocycles. The quantitative estimate of drug-likeness (QED) is 0.865. The normalized spacial score (nSPS) is 16.0. The Bertz CT molecular complexity index is 651. The van der Waals surface area contributed by atoms with Crippen LogP contribution in [0.5, 0.6) is 0 Å². The van der Waals surface area contributed by atoms with Crippen LogP contribution in [-0.2, 0) is 11.2 Å². The van der Waals surface area contributed by atoms with E-state index in [4.69, 9.17) is 11.6 Å². The Kier molecular flexibility index (Phi) is 5.89. The van der Waals surface area contributed by atoms with Crippen LogP contribution in [-0.4, -0.2) is 30.4 Å². The first-order chi connectivity index (χ1) is 11.7. The van der Waals surface area contributed by atoms with Gasteiger partial charge in [0.05, 0.1) is 12.5 Å². The second-order valence-electron chi connectivity index (χ2n) is 6.28. The Morgan fingerprint density at radius 2 is 1.71 bits per heavy atom. The predicted octanol–water partition coefficient (Wildman–Crippen LogP) is 3.84. The zero-order chi connectivity index (χ0) is 16.8. The SMILES string of the molecule is O=C(Cc1ccc(Cl)cc1)NCC(c1ccccc1)N1CCCC1. The van der Waals surface area contributed by atoms with E-state index in [1.807, 2.05) is 30.3 Å². The summed E-state index contributed by atoms with van der Waals surface area (Å²) in [6.07, 6.45) is 2.86. The zero-order valence-corrected chi connectivity index (χ0v) is 14.5. The monoisotopic (exact) mass is 342 g/mol. The van der Waals surface area contributed by atoms with E-state index >= 15 is 0 Å². The summed E-state index contributed by atoms with van der Waals surface area (Å²) in [5.74, 6) is 0.0532. The number of carbonyl (C=O) groups is 1. The van der Waals surface area contributed by atoms with Crippen LogP contribution in [0.3, 0.4) is 0 Å². The fourth-order valence-electron chi connectivity index (χ4n) is 3.25. The molecule has 24 heavy (non-hydrogen) atoms. The van der Waals surface area contributed by atoms with Crippen LogP contribution in [0.25, 0.3) is 0 Å². The molecule has 3 nitrogen and oxygen atoms in total. The van der Waals surface area contributed by atoms with Crippen molar-refractivity contribution in [3.05, 3.63) is 70.7 Å². The van der Waals surface area contributed by atoms with Crippen molar-refractivity contribution in [3.8, 4) is 0 Å². The van der Waals surface area contributed by atoms with Crippen molar-refractivity contribution in [2.75, 3.05) is 19.6 Å². The summed E-state index contributed by atoms with van der Waals surface area (Å²) >= 11 is 5.89. The van der Waals surface area contributed by atoms with Gasteiger partial charge in [-0.2, -0.15) is 0 Å². The van der Waals surface area contributed by atoms with Crippen molar-refractivity contribution in [2.45, 2.75) is 25.3 Å². The standard InChI is InChI=1S/C20H23ClN2O/c21-18-10-8-16(9-11-18)14-20(24)22-15-19(23-12-4-5-13-23)17-6-2-1-3-7-17/h1-3,6-11,19H,4-5,12-15H2,(H,22,24). The number of benzene rings is 2. The molecule has 3 rings (SSSR count). The summed E-state index contributed by atoms with van der Waals surface area (Å²) in [4.78, 5) is 14.8. The number of amides is 1. The van der Waals surface area contributed by atoms with Gasteiger partial charge in [0.25, 0.3) is 0 Å². The maximum absolute atomic E-state index is 12.3. The van der Waals surface area contributed by atoms with E-state index in [1.54, 1.807) is 0 Å². The van der Waals surface area contributed by atoms with Crippen molar-refractivity contribution < 1.29 is 4.79 Å². The minimum atomic E-state index is 0.0532. The first kappa shape index (κ1) is 17.0. The number of halogens is 1. The summed E-state index contributed by atoms with van der Waals surface area (Å²) in [5.41, 5.74) is 2.25. The lowest BCUT2D eigenvalue weighted by Gasteiger charge is -2.28. The van der Waals surface area contributed by atoms with Crippen molar-refractivity contribution in [3.63, 3.8) is 0 Å². The molecule has 1 fully saturated rings. The molecule has 0 aliphatic carbocycles. The molecule has 1 amide bonds. The van der Waals surface area contributed by atoms with E-state index in [9.17, 15) is 4.79 Å². The lowest BCUT2D eigenvalue weighted by atomic mass is 10.1. The molecule has 2 aromatic carbocycles. The first-order valence-electron chi connectivity index (χ1n) is 8.52. The van der Waals surface area contributed by atoms with Gasteiger partial charge >= 0.3 is 0 Å². The van der Waals surface area contributed by atoms with Crippen molar-refractivity contribution >= 4 is 17.5 Å². The Morgan fingerprint density at radius 1 is 1.04 bits per heavy atom. The molecule has 0 radical (unpaired) electrons. The summed E-state index contributed by atoms with van der Waals surface area (Å²) in [5, 5.41) is 3.80. The van der Waals surface area contributed by atoms with E-state index in [1.165, 1.54) is 18.4 Å². The highest BCUT2D eigenvalue weighted by Crippen LogP contribution is 2.24. The van der Waals surface area contributed by atoms with Crippen LogP contribution in [0.1, 0.15) is 30.0 Å². The topological polar surface area (TPSA) is 32.3 Å². The Balaban J connectivity index is 1.60. The van der Waals surface area contributed by atoms with Gasteiger partial charge in [-0.25, -0.2) is 0 Å². The van der Waals surface area contributed by atoms with E-state index < -0.39 is 0 Å². The van der Waals surface area contributed by atoms with Gasteiger partial charge in [0.15, 0.2) is 0 Å². The highest BCUT2D eigenvalue weighted by molar-refractivity contribution is 6.30. The fourth-order valence-corrected chi connectivity index (χ4v) is 3.37. The predicted molar refractivity (Wildman–Crippen MR) is 98.2 cm³/mol. The van der Waals surface area contributed by atoms with Gasteiger partial charge in [0.1, 0.15) is 0 Å². The molecule has 4 heteroatoms. The lowest BCUT2D eigenvalue weighted by molar-refractivity contribution is -0.120. The molecule has 0 bridgehead atoms. The van der Waals surface area contributed by atoms with Gasteiger partial charge in [0.2, 0.25) is 5.91 Å². The van der Waals surface area contributed by atoms with E-state index in [-0.39, 0.29) is 11.9 Å². The van der Waals surface area contributed by atoms with Gasteiger partial charge in [-0.3, -0.25) is 9.69 Å². The molecule has 2 aromatic rings. The Hall–Kier alpha value is -1.84. The molecule has 1 saturated heterocycles. The molecule has 1 unspecified atom stereocenters. The maximum atomic E-state index is 12.3. The lowest BCUT2D eigenvalue weighted by Crippen LogP contribution is -2.37. The molecule has 1 aliphatic rings. The van der Waals surface area contributed by atoms with Crippen LogP contribution < -0.4 is 5.32 Å². The fraction of sp³-hybridized carbons (Fsp3) is 0.350. The van der Waals surface area contributed by atoms with Crippen molar-refractivity contribution in [1.82, 2.24) is 10.2 Å². The number of nitrogens with zero attached hydrogens (tertiary/aromatic N) is 1. The van der Waals surface area contributed by atoms with Crippen LogP contribution in [0, 0.1) is 0 Å². The van der Waals surface area contributed by atoms with Crippen LogP contribution in [0.4, 0.5) is 0 Å². The van der Waals surface area contributed by atoms with E-state index in [0.29, 0.717) is 18.0 Å². The van der Waals surface area contributed by atoms with E-state index in [2.05, 4.69) is 34.5 Å². The Morgan fingerprint density at radius 3 is 2.38 bits per heavy atom.